The minimum Gasteiger partial charge on any atom is -0.494 e. The van der Waals surface area contributed by atoms with Crippen LogP contribution in [0.1, 0.15) is 62.1 Å². The molecule has 3 aromatic rings. The SMILES string of the molecule is CCCCCCCCOc1ccc(/C=N/NC(=O)CN(c2ccc(C)c(C)c2)S(=O)(=O)c2ccccc2)cc1. The van der Waals surface area contributed by atoms with Crippen LogP contribution in [0.15, 0.2) is 82.8 Å². The van der Waals surface area contributed by atoms with Crippen molar-refractivity contribution in [2.75, 3.05) is 17.5 Å². The van der Waals surface area contributed by atoms with Gasteiger partial charge in [-0.3, -0.25) is 9.10 Å². The number of hydrogen-bond acceptors (Lipinski definition) is 5. The van der Waals surface area contributed by atoms with Crippen molar-refractivity contribution in [3.63, 3.8) is 0 Å². The second kappa shape index (κ2) is 15.1. The number of anilines is 1. The fraction of sp³-hybridized carbons (Fsp3) is 0.355. The predicted molar refractivity (Wildman–Crippen MR) is 158 cm³/mol. The molecule has 0 saturated heterocycles. The normalized spacial score (nSPS) is 11.5. The number of aryl methyl sites for hydroxylation is 2. The van der Waals surface area contributed by atoms with Gasteiger partial charge in [0, 0.05) is 0 Å². The average molecular weight is 550 g/mol. The van der Waals surface area contributed by atoms with Gasteiger partial charge < -0.3 is 4.74 Å². The topological polar surface area (TPSA) is 88.1 Å². The number of nitrogens with zero attached hydrogens (tertiary/aromatic N) is 2. The zero-order valence-corrected chi connectivity index (χ0v) is 23.9. The number of hydrazone groups is 1. The van der Waals surface area contributed by atoms with Gasteiger partial charge in [-0.1, -0.05) is 63.3 Å². The van der Waals surface area contributed by atoms with Crippen LogP contribution in [0, 0.1) is 13.8 Å². The molecule has 208 valence electrons. The molecule has 0 heterocycles. The summed E-state index contributed by atoms with van der Waals surface area (Å²) in [7, 11) is -3.97. The minimum atomic E-state index is -3.97. The lowest BCUT2D eigenvalue weighted by Gasteiger charge is -2.24. The van der Waals surface area contributed by atoms with Gasteiger partial charge in [-0.15, -0.1) is 0 Å². The molecule has 0 aliphatic rings. The van der Waals surface area contributed by atoms with Crippen molar-refractivity contribution in [1.82, 2.24) is 5.43 Å². The molecule has 0 radical (unpaired) electrons. The third kappa shape index (κ3) is 9.25. The molecule has 0 saturated carbocycles. The number of carbonyl (C=O) groups excluding carboxylic acids is 1. The molecule has 0 bridgehead atoms. The van der Waals surface area contributed by atoms with Crippen molar-refractivity contribution in [2.24, 2.45) is 5.10 Å². The Kier molecular flexibility index (Phi) is 11.6. The van der Waals surface area contributed by atoms with E-state index >= 15 is 0 Å². The van der Waals surface area contributed by atoms with E-state index in [2.05, 4.69) is 17.5 Å². The average Bonchev–Trinajstić information content (AvgIpc) is 2.94. The monoisotopic (exact) mass is 549 g/mol. The predicted octanol–water partition coefficient (Wildman–Crippen LogP) is 6.39. The van der Waals surface area contributed by atoms with Crippen molar-refractivity contribution < 1.29 is 17.9 Å². The molecule has 7 nitrogen and oxygen atoms in total. The van der Waals surface area contributed by atoms with Gasteiger partial charge >= 0.3 is 0 Å². The first-order valence-corrected chi connectivity index (χ1v) is 14.9. The maximum atomic E-state index is 13.4. The van der Waals surface area contributed by atoms with E-state index in [1.54, 1.807) is 30.3 Å². The summed E-state index contributed by atoms with van der Waals surface area (Å²) in [6, 6.07) is 20.8. The Hall–Kier alpha value is -3.65. The highest BCUT2D eigenvalue weighted by Gasteiger charge is 2.27. The van der Waals surface area contributed by atoms with Gasteiger partial charge in [0.05, 0.1) is 23.4 Å². The molecule has 1 N–H and O–H groups in total. The molecule has 0 aromatic heterocycles. The lowest BCUT2D eigenvalue weighted by Crippen LogP contribution is -2.39. The zero-order valence-electron chi connectivity index (χ0n) is 23.1. The van der Waals surface area contributed by atoms with E-state index in [4.69, 9.17) is 4.74 Å². The summed E-state index contributed by atoms with van der Waals surface area (Å²) in [5.74, 6) is 0.239. The van der Waals surface area contributed by atoms with E-state index in [9.17, 15) is 13.2 Å². The maximum absolute atomic E-state index is 13.4. The van der Waals surface area contributed by atoms with E-state index < -0.39 is 22.5 Å². The van der Waals surface area contributed by atoms with E-state index in [-0.39, 0.29) is 4.90 Å². The molecule has 0 aliphatic carbocycles. The maximum Gasteiger partial charge on any atom is 0.264 e. The van der Waals surface area contributed by atoms with Crippen molar-refractivity contribution in [1.29, 1.82) is 0 Å². The van der Waals surface area contributed by atoms with Crippen LogP contribution in [0.4, 0.5) is 5.69 Å². The zero-order chi connectivity index (χ0) is 28.1. The molecule has 8 heteroatoms. The summed E-state index contributed by atoms with van der Waals surface area (Å²) >= 11 is 0. The van der Waals surface area contributed by atoms with E-state index in [1.807, 2.05) is 44.2 Å². The fourth-order valence-corrected chi connectivity index (χ4v) is 5.42. The van der Waals surface area contributed by atoms with E-state index in [0.717, 1.165) is 33.2 Å². The first-order valence-electron chi connectivity index (χ1n) is 13.5. The number of hydrogen-bond donors (Lipinski definition) is 1. The van der Waals surface area contributed by atoms with Crippen LogP contribution in [-0.2, 0) is 14.8 Å². The largest absolute Gasteiger partial charge is 0.494 e. The van der Waals surface area contributed by atoms with Crippen molar-refractivity contribution >= 4 is 27.8 Å². The first kappa shape index (κ1) is 29.9. The number of carbonyl (C=O) groups is 1. The molecule has 0 fully saturated rings. The molecule has 0 aliphatic heterocycles. The van der Waals surface area contributed by atoms with E-state index in [1.165, 1.54) is 50.5 Å². The van der Waals surface area contributed by atoms with Gasteiger partial charge in [0.25, 0.3) is 15.9 Å². The van der Waals surface area contributed by atoms with Crippen molar-refractivity contribution in [3.8, 4) is 5.75 Å². The summed E-state index contributed by atoms with van der Waals surface area (Å²) in [6.07, 6.45) is 8.81. The summed E-state index contributed by atoms with van der Waals surface area (Å²) in [6.45, 7) is 6.35. The van der Waals surface area contributed by atoms with Gasteiger partial charge in [0.2, 0.25) is 0 Å². The Morgan fingerprint density at radius 1 is 0.897 bits per heavy atom. The lowest BCUT2D eigenvalue weighted by molar-refractivity contribution is -0.119. The van der Waals surface area contributed by atoms with Crippen LogP contribution in [0.2, 0.25) is 0 Å². The van der Waals surface area contributed by atoms with Crippen LogP contribution in [0.25, 0.3) is 0 Å². The van der Waals surface area contributed by atoms with Gasteiger partial charge in [0.15, 0.2) is 0 Å². The standard InChI is InChI=1S/C31H39N3O4S/c1-4-5-6-7-8-12-21-38-29-19-16-27(17-20-29)23-32-33-31(35)24-34(28-18-15-25(2)26(3)22-28)39(36,37)30-13-10-9-11-14-30/h9-11,13-20,22-23H,4-8,12,21,24H2,1-3H3,(H,33,35)/b32-23+. The Labute approximate surface area is 233 Å². The Morgan fingerprint density at radius 3 is 2.28 bits per heavy atom. The number of sulfonamides is 1. The molecule has 0 unspecified atom stereocenters. The second-order valence-electron chi connectivity index (χ2n) is 9.57. The van der Waals surface area contributed by atoms with Gasteiger partial charge in [0.1, 0.15) is 12.3 Å². The highest BCUT2D eigenvalue weighted by atomic mass is 32.2. The number of amides is 1. The number of rotatable bonds is 15. The van der Waals surface area contributed by atoms with E-state index in [0.29, 0.717) is 12.3 Å². The van der Waals surface area contributed by atoms with Gasteiger partial charge in [-0.05, 0) is 85.5 Å². The number of ether oxygens (including phenoxy) is 1. The fourth-order valence-electron chi connectivity index (χ4n) is 3.98. The molecule has 1 amide bonds. The molecule has 39 heavy (non-hydrogen) atoms. The van der Waals surface area contributed by atoms with Gasteiger partial charge in [-0.2, -0.15) is 5.10 Å². The first-order chi connectivity index (χ1) is 18.8. The lowest BCUT2D eigenvalue weighted by atomic mass is 10.1. The molecular weight excluding hydrogens is 510 g/mol. The van der Waals surface area contributed by atoms with Crippen LogP contribution in [-0.4, -0.2) is 33.7 Å². The minimum absolute atomic E-state index is 0.110. The number of benzene rings is 3. The van der Waals surface area contributed by atoms with Crippen molar-refractivity contribution in [2.45, 2.75) is 64.2 Å². The molecule has 0 atom stereocenters. The van der Waals surface area contributed by atoms with Crippen LogP contribution < -0.4 is 14.5 Å². The third-order valence-electron chi connectivity index (χ3n) is 6.45. The number of nitrogens with one attached hydrogen (secondary N) is 1. The second-order valence-corrected chi connectivity index (χ2v) is 11.4. The van der Waals surface area contributed by atoms with Crippen LogP contribution >= 0.6 is 0 Å². The highest BCUT2D eigenvalue weighted by molar-refractivity contribution is 7.92. The summed E-state index contributed by atoms with van der Waals surface area (Å²) in [5.41, 5.74) is 5.61. The Bertz CT molecular complexity index is 1320. The summed E-state index contributed by atoms with van der Waals surface area (Å²) in [4.78, 5) is 12.9. The highest BCUT2D eigenvalue weighted by Crippen LogP contribution is 2.25. The smallest absolute Gasteiger partial charge is 0.264 e. The quantitative estimate of drug-likeness (QED) is 0.135. The molecular formula is C31H39N3O4S. The van der Waals surface area contributed by atoms with Crippen LogP contribution in [0.3, 0.4) is 0 Å². The molecule has 3 rings (SSSR count). The Morgan fingerprint density at radius 2 is 1.59 bits per heavy atom. The Balaban J connectivity index is 1.59. The molecule has 3 aromatic carbocycles. The summed E-state index contributed by atoms with van der Waals surface area (Å²) in [5, 5.41) is 4.03. The summed E-state index contributed by atoms with van der Waals surface area (Å²) < 4.78 is 33.8. The third-order valence-corrected chi connectivity index (χ3v) is 8.23. The van der Waals surface area contributed by atoms with Crippen LogP contribution in [0.5, 0.6) is 5.75 Å². The van der Waals surface area contributed by atoms with Gasteiger partial charge in [-0.25, -0.2) is 13.8 Å². The number of unbranched alkanes of at least 4 members (excludes halogenated alkanes) is 5. The van der Waals surface area contributed by atoms with Crippen molar-refractivity contribution in [3.05, 3.63) is 89.5 Å². The molecule has 0 spiro atoms.